The lowest BCUT2D eigenvalue weighted by Crippen LogP contribution is -2.10. The van der Waals surface area contributed by atoms with Crippen LogP contribution in [0.3, 0.4) is 0 Å². The summed E-state index contributed by atoms with van der Waals surface area (Å²) >= 11 is 2.41. The number of aryl methyl sites for hydroxylation is 1. The fourth-order valence-corrected chi connectivity index (χ4v) is 3.71. The van der Waals surface area contributed by atoms with Crippen LogP contribution >= 0.6 is 22.9 Å². The van der Waals surface area contributed by atoms with Crippen LogP contribution in [0.1, 0.15) is 31.9 Å². The maximum atomic E-state index is 2.41. The Balaban J connectivity index is 2.47. The standard InChI is InChI=1S/C17H18IN/c1-11-6-5-7-13-14-10-12(17(2,3)4)8-9-15(14)19(18)16(11)13/h5-10H,1-4H3. The van der Waals surface area contributed by atoms with Crippen molar-refractivity contribution in [3.05, 3.63) is 47.5 Å². The highest BCUT2D eigenvalue weighted by Crippen LogP contribution is 2.35. The molecule has 1 heterocycles. The van der Waals surface area contributed by atoms with Gasteiger partial charge in [-0.1, -0.05) is 45.0 Å². The number of fused-ring (bicyclic) bond motifs is 3. The van der Waals surface area contributed by atoms with Gasteiger partial charge < -0.3 is 0 Å². The lowest BCUT2D eigenvalue weighted by molar-refractivity contribution is 0.591. The molecule has 0 N–H and O–H groups in total. The maximum Gasteiger partial charge on any atom is 0.0646 e. The molecule has 3 aromatic rings. The second-order valence-electron chi connectivity index (χ2n) is 6.23. The van der Waals surface area contributed by atoms with E-state index in [4.69, 9.17) is 0 Å². The minimum Gasteiger partial charge on any atom is -0.281 e. The number of nitrogens with zero attached hydrogens (tertiary/aromatic N) is 1. The molecule has 0 fully saturated rings. The third-order valence-electron chi connectivity index (χ3n) is 3.80. The first-order chi connectivity index (χ1) is 8.89. The van der Waals surface area contributed by atoms with E-state index in [1.165, 1.54) is 32.9 Å². The minimum atomic E-state index is 0.192. The molecule has 0 saturated carbocycles. The van der Waals surface area contributed by atoms with Crippen molar-refractivity contribution in [2.45, 2.75) is 33.1 Å². The van der Waals surface area contributed by atoms with E-state index >= 15 is 0 Å². The van der Waals surface area contributed by atoms with Crippen molar-refractivity contribution in [2.24, 2.45) is 0 Å². The summed E-state index contributed by atoms with van der Waals surface area (Å²) in [6.45, 7) is 8.98. The summed E-state index contributed by atoms with van der Waals surface area (Å²) in [6, 6.07) is 13.4. The second kappa shape index (κ2) is 4.23. The van der Waals surface area contributed by atoms with Crippen molar-refractivity contribution >= 4 is 44.7 Å². The van der Waals surface area contributed by atoms with Gasteiger partial charge in [-0.25, -0.2) is 0 Å². The molecule has 0 atom stereocenters. The van der Waals surface area contributed by atoms with Crippen molar-refractivity contribution in [1.29, 1.82) is 0 Å². The quantitative estimate of drug-likeness (QED) is 0.458. The lowest BCUT2D eigenvalue weighted by atomic mass is 9.86. The van der Waals surface area contributed by atoms with E-state index < -0.39 is 0 Å². The van der Waals surface area contributed by atoms with E-state index in [-0.39, 0.29) is 5.41 Å². The number of aromatic nitrogens is 1. The van der Waals surface area contributed by atoms with Gasteiger partial charge in [0.15, 0.2) is 0 Å². The number of halogens is 1. The van der Waals surface area contributed by atoms with Crippen LogP contribution in [0.2, 0.25) is 0 Å². The monoisotopic (exact) mass is 363 g/mol. The van der Waals surface area contributed by atoms with Gasteiger partial charge >= 0.3 is 0 Å². The SMILES string of the molecule is Cc1cccc2c3cc(C(C)(C)C)ccc3n(I)c12. The van der Waals surface area contributed by atoms with E-state index in [0.717, 1.165) is 0 Å². The van der Waals surface area contributed by atoms with Gasteiger partial charge in [0.25, 0.3) is 0 Å². The van der Waals surface area contributed by atoms with Crippen LogP contribution in [0.25, 0.3) is 21.8 Å². The molecule has 0 aliphatic carbocycles. The number of para-hydroxylation sites is 1. The molecule has 0 unspecified atom stereocenters. The molecule has 1 nitrogen and oxygen atoms in total. The first-order valence-electron chi connectivity index (χ1n) is 6.60. The molecule has 3 rings (SSSR count). The molecule has 0 aliphatic heterocycles. The van der Waals surface area contributed by atoms with Crippen molar-refractivity contribution in [3.8, 4) is 0 Å². The summed E-state index contributed by atoms with van der Waals surface area (Å²) in [5.74, 6) is 0. The Morgan fingerprint density at radius 1 is 1.00 bits per heavy atom. The zero-order valence-electron chi connectivity index (χ0n) is 11.8. The zero-order valence-corrected chi connectivity index (χ0v) is 13.9. The number of hydrogen-bond acceptors (Lipinski definition) is 0. The van der Waals surface area contributed by atoms with Crippen LogP contribution in [-0.2, 0) is 5.41 Å². The van der Waals surface area contributed by atoms with E-state index in [0.29, 0.717) is 0 Å². The molecule has 2 aromatic carbocycles. The number of hydrogen-bond donors (Lipinski definition) is 0. The van der Waals surface area contributed by atoms with E-state index in [1.54, 1.807) is 0 Å². The molecular formula is C17H18IN. The first kappa shape index (κ1) is 13.0. The summed E-state index contributed by atoms with van der Waals surface area (Å²) < 4.78 is 2.28. The summed E-state index contributed by atoms with van der Waals surface area (Å²) in [6.07, 6.45) is 0. The van der Waals surface area contributed by atoms with E-state index in [9.17, 15) is 0 Å². The molecule has 2 heteroatoms. The normalized spacial score (nSPS) is 12.5. The Hall–Kier alpha value is -1.03. The van der Waals surface area contributed by atoms with Crippen molar-refractivity contribution < 1.29 is 0 Å². The Bertz CT molecular complexity index is 775. The molecular weight excluding hydrogens is 345 g/mol. The third kappa shape index (κ3) is 1.97. The summed E-state index contributed by atoms with van der Waals surface area (Å²) in [5, 5.41) is 2.72. The maximum absolute atomic E-state index is 2.41. The molecule has 98 valence electrons. The summed E-state index contributed by atoms with van der Waals surface area (Å²) in [5.41, 5.74) is 5.56. The van der Waals surface area contributed by atoms with Crippen LogP contribution in [-0.4, -0.2) is 2.78 Å². The third-order valence-corrected chi connectivity index (χ3v) is 4.80. The van der Waals surface area contributed by atoms with Crippen LogP contribution in [0.15, 0.2) is 36.4 Å². The number of benzene rings is 2. The Labute approximate surface area is 128 Å². The average molecular weight is 363 g/mol. The topological polar surface area (TPSA) is 4.93 Å². The molecule has 19 heavy (non-hydrogen) atoms. The summed E-state index contributed by atoms with van der Waals surface area (Å²) in [7, 11) is 0. The summed E-state index contributed by atoms with van der Waals surface area (Å²) in [4.78, 5) is 0. The molecule has 0 saturated heterocycles. The van der Waals surface area contributed by atoms with Crippen LogP contribution < -0.4 is 0 Å². The van der Waals surface area contributed by atoms with Crippen molar-refractivity contribution in [1.82, 2.24) is 2.78 Å². The Kier molecular flexibility index (Phi) is 2.89. The van der Waals surface area contributed by atoms with Gasteiger partial charge in [-0.15, -0.1) is 0 Å². The van der Waals surface area contributed by atoms with Gasteiger partial charge in [-0.3, -0.25) is 2.78 Å². The molecule has 1 aromatic heterocycles. The van der Waals surface area contributed by atoms with Gasteiger partial charge in [0.1, 0.15) is 0 Å². The highest BCUT2D eigenvalue weighted by molar-refractivity contribution is 14.1. The fourth-order valence-electron chi connectivity index (χ4n) is 2.65. The van der Waals surface area contributed by atoms with Gasteiger partial charge in [-0.2, -0.15) is 0 Å². The predicted octanol–water partition coefficient (Wildman–Crippen LogP) is 5.60. The molecule has 0 radical (unpaired) electrons. The van der Waals surface area contributed by atoms with Gasteiger partial charge in [0.05, 0.1) is 33.9 Å². The average Bonchev–Trinajstić information content (AvgIpc) is 2.63. The highest BCUT2D eigenvalue weighted by Gasteiger charge is 2.17. The van der Waals surface area contributed by atoms with E-state index in [2.05, 4.69) is 89.7 Å². The first-order valence-corrected chi connectivity index (χ1v) is 7.56. The van der Waals surface area contributed by atoms with Gasteiger partial charge in [-0.05, 0) is 35.6 Å². The molecule has 0 aliphatic rings. The van der Waals surface area contributed by atoms with E-state index in [1.807, 2.05) is 0 Å². The second-order valence-corrected chi connectivity index (χ2v) is 7.20. The Morgan fingerprint density at radius 2 is 1.74 bits per heavy atom. The predicted molar refractivity (Wildman–Crippen MR) is 92.3 cm³/mol. The van der Waals surface area contributed by atoms with Gasteiger partial charge in [0, 0.05) is 10.8 Å². The smallest absolute Gasteiger partial charge is 0.0646 e. The largest absolute Gasteiger partial charge is 0.281 e. The molecule has 0 amide bonds. The van der Waals surface area contributed by atoms with Gasteiger partial charge in [0.2, 0.25) is 0 Å². The Morgan fingerprint density at radius 3 is 2.42 bits per heavy atom. The van der Waals surface area contributed by atoms with Crippen LogP contribution in [0, 0.1) is 6.92 Å². The highest BCUT2D eigenvalue weighted by atomic mass is 127. The van der Waals surface area contributed by atoms with Crippen molar-refractivity contribution in [3.63, 3.8) is 0 Å². The zero-order chi connectivity index (χ0) is 13.8. The fraction of sp³-hybridized carbons (Fsp3) is 0.294. The minimum absolute atomic E-state index is 0.192. The lowest BCUT2D eigenvalue weighted by Gasteiger charge is -2.19. The molecule has 0 spiro atoms. The number of rotatable bonds is 0. The van der Waals surface area contributed by atoms with Crippen molar-refractivity contribution in [2.75, 3.05) is 0 Å². The molecule has 0 bridgehead atoms. The van der Waals surface area contributed by atoms with Crippen LogP contribution in [0.5, 0.6) is 0 Å². The van der Waals surface area contributed by atoms with Crippen LogP contribution in [0.4, 0.5) is 0 Å².